The molecule has 0 atom stereocenters. The second kappa shape index (κ2) is 4.46. The minimum atomic E-state index is -0.154. The highest BCUT2D eigenvalue weighted by Gasteiger charge is 2.03. The van der Waals surface area contributed by atoms with Crippen molar-refractivity contribution in [2.45, 2.75) is 13.3 Å². The average molecular weight is 192 g/mol. The molecular weight excluding hydrogens is 180 g/mol. The molecule has 0 saturated heterocycles. The lowest BCUT2D eigenvalue weighted by molar-refractivity contribution is -0.112. The number of hydrogen-bond donors (Lipinski definition) is 2. The van der Waals surface area contributed by atoms with E-state index in [-0.39, 0.29) is 17.3 Å². The van der Waals surface area contributed by atoms with E-state index in [9.17, 15) is 15.0 Å². The lowest BCUT2D eigenvalue weighted by Crippen LogP contribution is -1.85. The van der Waals surface area contributed by atoms with Gasteiger partial charge < -0.3 is 10.2 Å². The van der Waals surface area contributed by atoms with Crippen LogP contribution >= 0.6 is 0 Å². The van der Waals surface area contributed by atoms with E-state index < -0.39 is 0 Å². The van der Waals surface area contributed by atoms with Crippen LogP contribution < -0.4 is 0 Å². The van der Waals surface area contributed by atoms with Gasteiger partial charge in [0.15, 0.2) is 11.5 Å². The van der Waals surface area contributed by atoms with E-state index in [0.29, 0.717) is 12.0 Å². The van der Waals surface area contributed by atoms with Gasteiger partial charge in [-0.2, -0.15) is 0 Å². The van der Waals surface area contributed by atoms with Crippen molar-refractivity contribution in [2.75, 3.05) is 0 Å². The Morgan fingerprint density at radius 1 is 1.50 bits per heavy atom. The van der Waals surface area contributed by atoms with E-state index in [1.54, 1.807) is 18.2 Å². The predicted molar refractivity (Wildman–Crippen MR) is 53.9 cm³/mol. The van der Waals surface area contributed by atoms with E-state index in [2.05, 4.69) is 0 Å². The van der Waals surface area contributed by atoms with Crippen LogP contribution in [-0.2, 0) is 4.79 Å². The van der Waals surface area contributed by atoms with Crippen LogP contribution in [0.15, 0.2) is 47.5 Å². The van der Waals surface area contributed by atoms with Crippen LogP contribution in [0, 0.1) is 0 Å². The van der Waals surface area contributed by atoms with E-state index in [1.165, 1.54) is 19.1 Å². The monoisotopic (exact) mass is 192 g/mol. The number of aliphatic hydroxyl groups excluding tert-OH is 2. The van der Waals surface area contributed by atoms with Crippen LogP contribution in [0.25, 0.3) is 0 Å². The van der Waals surface area contributed by atoms with E-state index in [4.69, 9.17) is 0 Å². The maximum absolute atomic E-state index is 10.7. The van der Waals surface area contributed by atoms with Gasteiger partial charge in [-0.25, -0.2) is 0 Å². The summed E-state index contributed by atoms with van der Waals surface area (Å²) in [6.45, 7) is 1.45. The molecule has 14 heavy (non-hydrogen) atoms. The first-order chi connectivity index (χ1) is 6.59. The highest BCUT2D eigenvalue weighted by atomic mass is 16.3. The summed E-state index contributed by atoms with van der Waals surface area (Å²) in [5.41, 5.74) is 0.682. The van der Waals surface area contributed by atoms with Gasteiger partial charge in [-0.3, -0.25) is 4.79 Å². The third-order valence-corrected chi connectivity index (χ3v) is 1.73. The van der Waals surface area contributed by atoms with Gasteiger partial charge in [0.05, 0.1) is 0 Å². The maximum atomic E-state index is 10.7. The molecule has 0 aromatic carbocycles. The van der Waals surface area contributed by atoms with Crippen LogP contribution in [-0.4, -0.2) is 16.0 Å². The molecule has 0 amide bonds. The van der Waals surface area contributed by atoms with Crippen molar-refractivity contribution in [1.29, 1.82) is 0 Å². The fourth-order valence-corrected chi connectivity index (χ4v) is 1.02. The lowest BCUT2D eigenvalue weighted by atomic mass is 10.2. The number of hydrogen-bond acceptors (Lipinski definition) is 3. The molecule has 0 aromatic rings. The minimum absolute atomic E-state index is 0.0590. The summed E-state index contributed by atoms with van der Waals surface area (Å²) in [6.07, 6.45) is 8.17. The van der Waals surface area contributed by atoms with Gasteiger partial charge in [-0.1, -0.05) is 18.2 Å². The van der Waals surface area contributed by atoms with Gasteiger partial charge in [-0.05, 0) is 24.6 Å². The normalized spacial score (nSPS) is 17.1. The van der Waals surface area contributed by atoms with Crippen molar-refractivity contribution in [3.05, 3.63) is 47.5 Å². The zero-order valence-electron chi connectivity index (χ0n) is 7.90. The Hall–Kier alpha value is -1.77. The van der Waals surface area contributed by atoms with Gasteiger partial charge in [0.1, 0.15) is 5.76 Å². The van der Waals surface area contributed by atoms with Crippen LogP contribution in [0.1, 0.15) is 13.3 Å². The summed E-state index contributed by atoms with van der Waals surface area (Å²) in [5.74, 6) is -0.276. The summed E-state index contributed by atoms with van der Waals surface area (Å²) < 4.78 is 0. The molecule has 0 fully saturated rings. The molecule has 0 spiro atoms. The largest absolute Gasteiger partial charge is 0.508 e. The van der Waals surface area contributed by atoms with Crippen molar-refractivity contribution in [2.24, 2.45) is 0 Å². The van der Waals surface area contributed by atoms with Gasteiger partial charge >= 0.3 is 0 Å². The molecule has 2 N–H and O–H groups in total. The standard InChI is InChI=1S/C11H12O3/c1-8(12)5-6-9-3-2-4-10(13)11(14)7-9/h2-3,5-7,13-14H,4H2,1H3/b6-5+. The number of rotatable bonds is 2. The summed E-state index contributed by atoms with van der Waals surface area (Å²) in [5, 5.41) is 18.5. The van der Waals surface area contributed by atoms with Crippen molar-refractivity contribution in [1.82, 2.24) is 0 Å². The van der Waals surface area contributed by atoms with Crippen LogP contribution in [0.5, 0.6) is 0 Å². The average Bonchev–Trinajstić information content (AvgIpc) is 2.26. The predicted octanol–water partition coefficient (Wildman–Crippen LogP) is 2.35. The van der Waals surface area contributed by atoms with Crippen LogP contribution in [0.3, 0.4) is 0 Å². The quantitative estimate of drug-likeness (QED) is 0.660. The molecular formula is C11H12O3. The lowest BCUT2D eigenvalue weighted by Gasteiger charge is -1.94. The Morgan fingerprint density at radius 2 is 2.21 bits per heavy atom. The van der Waals surface area contributed by atoms with Crippen LogP contribution in [0.4, 0.5) is 0 Å². The number of carbonyl (C=O) groups is 1. The SMILES string of the molecule is CC(=O)/C=C/C1=CC(O)=C(O)CC=C1. The molecule has 74 valence electrons. The molecule has 0 radical (unpaired) electrons. The van der Waals surface area contributed by atoms with E-state index in [0.717, 1.165) is 0 Å². The Labute approximate surface area is 82.4 Å². The second-order valence-corrected chi connectivity index (χ2v) is 3.03. The fourth-order valence-electron chi connectivity index (χ4n) is 1.02. The van der Waals surface area contributed by atoms with Crippen LogP contribution in [0.2, 0.25) is 0 Å². The Kier molecular flexibility index (Phi) is 3.29. The summed E-state index contributed by atoms with van der Waals surface area (Å²) in [7, 11) is 0. The molecule has 0 bridgehead atoms. The number of aliphatic hydroxyl groups is 2. The molecule has 0 saturated carbocycles. The van der Waals surface area contributed by atoms with Crippen molar-refractivity contribution in [3.63, 3.8) is 0 Å². The molecule has 0 aromatic heterocycles. The first-order valence-corrected chi connectivity index (χ1v) is 4.27. The summed E-state index contributed by atoms with van der Waals surface area (Å²) in [6, 6.07) is 0. The molecule has 1 aliphatic carbocycles. The number of ketones is 1. The van der Waals surface area contributed by atoms with Crippen molar-refractivity contribution >= 4 is 5.78 Å². The third kappa shape index (κ3) is 2.94. The molecule has 1 aliphatic rings. The highest BCUT2D eigenvalue weighted by molar-refractivity contribution is 5.87. The number of allylic oxidation sites excluding steroid dienone is 6. The number of carbonyl (C=O) groups excluding carboxylic acids is 1. The molecule has 1 rings (SSSR count). The van der Waals surface area contributed by atoms with Gasteiger partial charge in [-0.15, -0.1) is 0 Å². The zero-order chi connectivity index (χ0) is 10.6. The Bertz CT molecular complexity index is 357. The minimum Gasteiger partial charge on any atom is -0.508 e. The topological polar surface area (TPSA) is 57.5 Å². The Balaban J connectivity index is 2.89. The maximum Gasteiger partial charge on any atom is 0.153 e. The fraction of sp³-hybridized carbons (Fsp3) is 0.182. The van der Waals surface area contributed by atoms with Gasteiger partial charge in [0.25, 0.3) is 0 Å². The smallest absolute Gasteiger partial charge is 0.153 e. The zero-order valence-corrected chi connectivity index (χ0v) is 7.90. The summed E-state index contributed by atoms with van der Waals surface area (Å²) >= 11 is 0. The van der Waals surface area contributed by atoms with Crippen molar-refractivity contribution in [3.8, 4) is 0 Å². The Morgan fingerprint density at radius 3 is 2.86 bits per heavy atom. The van der Waals surface area contributed by atoms with E-state index in [1.807, 2.05) is 0 Å². The molecule has 0 aliphatic heterocycles. The molecule has 3 heteroatoms. The van der Waals surface area contributed by atoms with Crippen molar-refractivity contribution < 1.29 is 15.0 Å². The second-order valence-electron chi connectivity index (χ2n) is 3.03. The third-order valence-electron chi connectivity index (χ3n) is 1.73. The molecule has 0 heterocycles. The summed E-state index contributed by atoms with van der Waals surface area (Å²) in [4.78, 5) is 10.7. The highest BCUT2D eigenvalue weighted by Crippen LogP contribution is 2.14. The first kappa shape index (κ1) is 10.3. The van der Waals surface area contributed by atoms with Gasteiger partial charge in [0, 0.05) is 6.42 Å². The molecule has 0 unspecified atom stereocenters. The first-order valence-electron chi connectivity index (χ1n) is 4.27. The molecule has 3 nitrogen and oxygen atoms in total. The van der Waals surface area contributed by atoms with Gasteiger partial charge in [0.2, 0.25) is 0 Å². The van der Waals surface area contributed by atoms with E-state index >= 15 is 0 Å².